The summed E-state index contributed by atoms with van der Waals surface area (Å²) in [5.74, 6) is -0.699. The minimum atomic E-state index is -3.57. The number of rotatable bonds is 3. The average molecular weight is 366 g/mol. The van der Waals surface area contributed by atoms with Crippen molar-refractivity contribution in [2.24, 2.45) is 16.8 Å². The average Bonchev–Trinajstić information content (AvgIpc) is 2.84. The molecule has 3 rings (SSSR count). The van der Waals surface area contributed by atoms with Gasteiger partial charge in [-0.3, -0.25) is 4.79 Å². The molecular weight excluding hydrogens is 344 g/mol. The van der Waals surface area contributed by atoms with E-state index in [0.29, 0.717) is 6.54 Å². The predicted octanol–water partition coefficient (Wildman–Crippen LogP) is 0.190. The van der Waals surface area contributed by atoms with Gasteiger partial charge in [0.2, 0.25) is 10.0 Å². The van der Waals surface area contributed by atoms with E-state index in [1.165, 1.54) is 12.1 Å². The zero-order valence-electron chi connectivity index (χ0n) is 13.6. The number of allylic oxidation sites excluding steroid dienone is 3. The Morgan fingerprint density at radius 2 is 1.96 bits per heavy atom. The summed E-state index contributed by atoms with van der Waals surface area (Å²) < 4.78 is 21.6. The van der Waals surface area contributed by atoms with Gasteiger partial charge in [0.15, 0.2) is 0 Å². The molecule has 1 aliphatic heterocycles. The van der Waals surface area contributed by atoms with Crippen LogP contribution in [0.3, 0.4) is 0 Å². The molecule has 1 saturated heterocycles. The number of nitrogens with one attached hydrogen (secondary N) is 2. The first-order valence-electron chi connectivity index (χ1n) is 7.76. The lowest BCUT2D eigenvalue weighted by Crippen LogP contribution is -2.38. The second kappa shape index (κ2) is 8.26. The van der Waals surface area contributed by atoms with E-state index >= 15 is 0 Å². The largest absolute Gasteiger partial charge is 0.480 e. The Morgan fingerprint density at radius 1 is 1.28 bits per heavy atom. The number of carboxylic acids is 1. The molecule has 1 fully saturated rings. The second-order valence-corrected chi connectivity index (χ2v) is 7.27. The highest BCUT2D eigenvalue weighted by Crippen LogP contribution is 2.25. The van der Waals surface area contributed by atoms with Gasteiger partial charge >= 0.3 is 5.97 Å². The molecule has 1 aliphatic carbocycles. The van der Waals surface area contributed by atoms with Crippen LogP contribution in [0.1, 0.15) is 18.4 Å². The van der Waals surface area contributed by atoms with E-state index in [1.807, 2.05) is 12.2 Å². The van der Waals surface area contributed by atoms with Gasteiger partial charge in [-0.05, 0) is 36.6 Å². The van der Waals surface area contributed by atoms with Gasteiger partial charge in [-0.1, -0.05) is 24.3 Å². The fourth-order valence-corrected chi connectivity index (χ4v) is 3.13. The van der Waals surface area contributed by atoms with E-state index in [4.69, 9.17) is 16.0 Å². The number of hydrazine groups is 1. The number of carbonyl (C=O) groups is 1. The van der Waals surface area contributed by atoms with Gasteiger partial charge in [0.05, 0.1) is 4.90 Å². The third kappa shape index (κ3) is 5.13. The first-order chi connectivity index (χ1) is 11.8. The highest BCUT2D eigenvalue weighted by molar-refractivity contribution is 7.89. The Labute approximate surface area is 146 Å². The lowest BCUT2D eigenvalue weighted by atomic mass is 9.94. The molecule has 0 bridgehead atoms. The number of benzene rings is 1. The summed E-state index contributed by atoms with van der Waals surface area (Å²) in [7, 11) is -3.57. The van der Waals surface area contributed by atoms with Gasteiger partial charge < -0.3 is 16.3 Å². The molecule has 1 heterocycles. The van der Waals surface area contributed by atoms with Gasteiger partial charge in [0.25, 0.3) is 0 Å². The Bertz CT molecular complexity index is 772. The Balaban J connectivity index is 0.000000181. The van der Waals surface area contributed by atoms with Crippen LogP contribution in [0.2, 0.25) is 0 Å². The van der Waals surface area contributed by atoms with Crippen molar-refractivity contribution in [2.45, 2.75) is 30.3 Å². The third-order valence-electron chi connectivity index (χ3n) is 3.98. The number of hydrogen-bond acceptors (Lipinski definition) is 6. The Kier molecular flexibility index (Phi) is 6.32. The summed E-state index contributed by atoms with van der Waals surface area (Å²) in [4.78, 5) is 10.9. The molecule has 0 aromatic heterocycles. The third-order valence-corrected chi connectivity index (χ3v) is 4.91. The number of nitrogens with two attached hydrogens (primary N) is 2. The van der Waals surface area contributed by atoms with Crippen LogP contribution in [0, 0.1) is 5.92 Å². The van der Waals surface area contributed by atoms with Gasteiger partial charge in [0, 0.05) is 18.2 Å². The summed E-state index contributed by atoms with van der Waals surface area (Å²) in [6, 6.07) is 5.68. The minimum Gasteiger partial charge on any atom is -0.480 e. The van der Waals surface area contributed by atoms with Crippen LogP contribution in [0.4, 0.5) is 0 Å². The summed E-state index contributed by atoms with van der Waals surface area (Å²) in [5.41, 5.74) is 12.9. The molecule has 0 saturated carbocycles. The first-order valence-corrected chi connectivity index (χ1v) is 9.30. The predicted molar refractivity (Wildman–Crippen MR) is 93.3 cm³/mol. The highest BCUT2D eigenvalue weighted by atomic mass is 32.2. The number of carboxylic acid groups (broad SMARTS) is 1. The number of sulfonamides is 1. The van der Waals surface area contributed by atoms with E-state index in [2.05, 4.69) is 16.9 Å². The molecule has 0 spiro atoms. The lowest BCUT2D eigenvalue weighted by Gasteiger charge is -2.12. The fourth-order valence-electron chi connectivity index (χ4n) is 2.61. The van der Waals surface area contributed by atoms with Crippen LogP contribution in [0.15, 0.2) is 53.1 Å². The van der Waals surface area contributed by atoms with Crippen LogP contribution in [0.25, 0.3) is 0 Å². The molecular formula is C16H22N4O4S. The molecule has 136 valence electrons. The Morgan fingerprint density at radius 3 is 2.52 bits per heavy atom. The monoisotopic (exact) mass is 366 g/mol. The summed E-state index contributed by atoms with van der Waals surface area (Å²) >= 11 is 0. The number of fused-ring (bicyclic) bond motifs is 1. The van der Waals surface area contributed by atoms with Gasteiger partial charge in [-0.25, -0.2) is 19.0 Å². The molecule has 9 heteroatoms. The van der Waals surface area contributed by atoms with Crippen LogP contribution in [-0.4, -0.2) is 25.5 Å². The molecule has 0 radical (unpaired) electrons. The zero-order chi connectivity index (χ0) is 18.4. The quantitative estimate of drug-likeness (QED) is 0.513. The van der Waals surface area contributed by atoms with Crippen LogP contribution >= 0.6 is 0 Å². The van der Waals surface area contributed by atoms with Gasteiger partial charge in [-0.2, -0.15) is 0 Å². The summed E-state index contributed by atoms with van der Waals surface area (Å²) in [6.07, 6.45) is 7.80. The normalized spacial score (nSPS) is 21.9. The van der Waals surface area contributed by atoms with Crippen molar-refractivity contribution in [3.8, 4) is 0 Å². The van der Waals surface area contributed by atoms with Crippen molar-refractivity contribution >= 4 is 16.0 Å². The number of primary sulfonamides is 1. The SMILES string of the molecule is NCc1ccc(S(N)(=O)=O)cc1.O=C(O)C1NNC2=CC=CCCC21. The van der Waals surface area contributed by atoms with E-state index in [1.54, 1.807) is 12.1 Å². The molecule has 8 nitrogen and oxygen atoms in total. The maximum atomic E-state index is 10.8. The maximum absolute atomic E-state index is 10.8. The molecule has 2 aliphatic rings. The molecule has 7 N–H and O–H groups in total. The second-order valence-electron chi connectivity index (χ2n) is 5.71. The zero-order valence-corrected chi connectivity index (χ0v) is 14.4. The van der Waals surface area contributed by atoms with Crippen molar-refractivity contribution < 1.29 is 18.3 Å². The smallest absolute Gasteiger partial charge is 0.323 e. The van der Waals surface area contributed by atoms with E-state index in [0.717, 1.165) is 24.1 Å². The van der Waals surface area contributed by atoms with Crippen LogP contribution < -0.4 is 21.7 Å². The Hall–Kier alpha value is -2.20. The van der Waals surface area contributed by atoms with Crippen molar-refractivity contribution in [1.29, 1.82) is 0 Å². The molecule has 2 atom stereocenters. The van der Waals surface area contributed by atoms with Crippen molar-refractivity contribution in [3.05, 3.63) is 53.8 Å². The van der Waals surface area contributed by atoms with Crippen LogP contribution in [0.5, 0.6) is 0 Å². The van der Waals surface area contributed by atoms with Crippen molar-refractivity contribution in [3.63, 3.8) is 0 Å². The van der Waals surface area contributed by atoms with Gasteiger partial charge in [-0.15, -0.1) is 0 Å². The lowest BCUT2D eigenvalue weighted by molar-refractivity contribution is -0.140. The standard InChI is InChI=1S/C9H12N2O2.C7H10N2O2S/c12-9(13)8-6-4-2-1-3-5-7(6)10-11-8;8-5-6-1-3-7(4-2-6)12(9,10)11/h1,3,5-6,8,10-11H,2,4H2,(H,12,13);1-4H,5,8H2,(H2,9,10,11). The molecule has 25 heavy (non-hydrogen) atoms. The molecule has 0 amide bonds. The highest BCUT2D eigenvalue weighted by Gasteiger charge is 2.35. The topological polar surface area (TPSA) is 148 Å². The first kappa shape index (κ1) is 19.1. The number of hydrogen-bond donors (Lipinski definition) is 5. The fraction of sp³-hybridized carbons (Fsp3) is 0.312. The van der Waals surface area contributed by atoms with E-state index < -0.39 is 22.0 Å². The number of aliphatic carboxylic acids is 1. The van der Waals surface area contributed by atoms with E-state index in [9.17, 15) is 13.2 Å². The molecule has 2 unspecified atom stereocenters. The van der Waals surface area contributed by atoms with Crippen molar-refractivity contribution in [1.82, 2.24) is 10.9 Å². The summed E-state index contributed by atoms with van der Waals surface area (Å²) in [5, 5.41) is 13.8. The summed E-state index contributed by atoms with van der Waals surface area (Å²) in [6.45, 7) is 0.394. The molecule has 1 aromatic rings. The maximum Gasteiger partial charge on any atom is 0.323 e. The van der Waals surface area contributed by atoms with Crippen molar-refractivity contribution in [2.75, 3.05) is 0 Å². The molecule has 1 aromatic carbocycles. The van der Waals surface area contributed by atoms with Crippen LogP contribution in [-0.2, 0) is 21.4 Å². The van der Waals surface area contributed by atoms with E-state index in [-0.39, 0.29) is 10.8 Å². The minimum absolute atomic E-state index is 0.0903. The van der Waals surface area contributed by atoms with Gasteiger partial charge in [0.1, 0.15) is 6.04 Å².